The van der Waals surface area contributed by atoms with Crippen molar-refractivity contribution in [3.8, 4) is 11.3 Å². The van der Waals surface area contributed by atoms with Crippen LogP contribution in [0.3, 0.4) is 0 Å². The number of aromatic nitrogens is 2. The highest BCUT2D eigenvalue weighted by molar-refractivity contribution is 5.81. The maximum atomic E-state index is 12.4. The van der Waals surface area contributed by atoms with Crippen LogP contribution in [0.25, 0.3) is 11.3 Å². The lowest BCUT2D eigenvalue weighted by atomic mass is 10.1. The molecule has 1 aromatic carbocycles. The molecule has 0 saturated carbocycles. The molecule has 1 aromatic heterocycles. The highest BCUT2D eigenvalue weighted by Crippen LogP contribution is 2.14. The highest BCUT2D eigenvalue weighted by Gasteiger charge is 2.19. The predicted octanol–water partition coefficient (Wildman–Crippen LogP) is 1.48. The number of rotatable bonds is 7. The van der Waals surface area contributed by atoms with Gasteiger partial charge >= 0.3 is 5.97 Å². The summed E-state index contributed by atoms with van der Waals surface area (Å²) in [6, 6.07) is 12.2. The Morgan fingerprint density at radius 2 is 1.84 bits per heavy atom. The average molecular weight is 343 g/mol. The average Bonchev–Trinajstić information content (AvgIpc) is 2.56. The second-order valence-corrected chi connectivity index (χ2v) is 6.14. The van der Waals surface area contributed by atoms with E-state index in [9.17, 15) is 14.4 Å². The minimum absolute atomic E-state index is 0.114. The fourth-order valence-electron chi connectivity index (χ4n) is 2.41. The van der Waals surface area contributed by atoms with Crippen molar-refractivity contribution in [3.05, 3.63) is 52.8 Å². The minimum Gasteiger partial charge on any atom is -0.480 e. The Morgan fingerprint density at radius 3 is 2.44 bits per heavy atom. The van der Waals surface area contributed by atoms with Crippen LogP contribution < -0.4 is 5.56 Å². The number of amides is 1. The lowest BCUT2D eigenvalue weighted by Gasteiger charge is -2.22. The van der Waals surface area contributed by atoms with E-state index in [1.54, 1.807) is 6.07 Å². The first kappa shape index (κ1) is 18.4. The van der Waals surface area contributed by atoms with Crippen LogP contribution >= 0.6 is 0 Å². The summed E-state index contributed by atoms with van der Waals surface area (Å²) in [7, 11) is 0. The second kappa shape index (κ2) is 8.23. The number of benzene rings is 1. The Labute approximate surface area is 145 Å². The van der Waals surface area contributed by atoms with E-state index in [0.717, 1.165) is 10.2 Å². The third-order valence-electron chi connectivity index (χ3n) is 3.49. The number of carboxylic acid groups (broad SMARTS) is 1. The molecular formula is C18H21N3O4. The van der Waals surface area contributed by atoms with Gasteiger partial charge in [0.05, 0.1) is 5.69 Å². The molecule has 7 nitrogen and oxygen atoms in total. The molecule has 0 aliphatic carbocycles. The van der Waals surface area contributed by atoms with Gasteiger partial charge in [0.25, 0.3) is 5.56 Å². The van der Waals surface area contributed by atoms with Crippen molar-refractivity contribution in [1.29, 1.82) is 0 Å². The molecule has 0 saturated heterocycles. The molecule has 0 atom stereocenters. The van der Waals surface area contributed by atoms with Crippen LogP contribution in [-0.2, 0) is 16.1 Å². The van der Waals surface area contributed by atoms with Gasteiger partial charge in [-0.15, -0.1) is 0 Å². The van der Waals surface area contributed by atoms with Crippen molar-refractivity contribution < 1.29 is 14.7 Å². The van der Waals surface area contributed by atoms with Crippen LogP contribution in [0.15, 0.2) is 47.3 Å². The van der Waals surface area contributed by atoms with Crippen LogP contribution in [0.1, 0.15) is 13.8 Å². The summed E-state index contributed by atoms with van der Waals surface area (Å²) in [5.74, 6) is -1.42. The zero-order valence-electron chi connectivity index (χ0n) is 14.3. The lowest BCUT2D eigenvalue weighted by Crippen LogP contribution is -2.42. The molecule has 132 valence electrons. The van der Waals surface area contributed by atoms with Crippen LogP contribution in [0.2, 0.25) is 0 Å². The van der Waals surface area contributed by atoms with Gasteiger partial charge in [-0.1, -0.05) is 44.2 Å². The fourth-order valence-corrected chi connectivity index (χ4v) is 2.41. The molecule has 25 heavy (non-hydrogen) atoms. The monoisotopic (exact) mass is 343 g/mol. The Balaban J connectivity index is 2.24. The molecular weight excluding hydrogens is 322 g/mol. The first-order chi connectivity index (χ1) is 11.9. The van der Waals surface area contributed by atoms with Crippen LogP contribution in [0.5, 0.6) is 0 Å². The number of nitrogens with zero attached hydrogens (tertiary/aromatic N) is 3. The molecule has 0 bridgehead atoms. The molecule has 1 N–H and O–H groups in total. The molecule has 1 amide bonds. The Morgan fingerprint density at radius 1 is 1.16 bits per heavy atom. The number of hydrogen-bond donors (Lipinski definition) is 1. The maximum absolute atomic E-state index is 12.4. The van der Waals surface area contributed by atoms with Crippen molar-refractivity contribution in [2.45, 2.75) is 20.4 Å². The van der Waals surface area contributed by atoms with Crippen molar-refractivity contribution in [1.82, 2.24) is 14.7 Å². The van der Waals surface area contributed by atoms with E-state index < -0.39 is 24.0 Å². The second-order valence-electron chi connectivity index (χ2n) is 6.14. The van der Waals surface area contributed by atoms with Gasteiger partial charge < -0.3 is 10.0 Å². The zero-order valence-corrected chi connectivity index (χ0v) is 14.3. The molecule has 0 unspecified atom stereocenters. The summed E-state index contributed by atoms with van der Waals surface area (Å²) < 4.78 is 1.07. The number of carbonyl (C=O) groups excluding carboxylic acids is 1. The summed E-state index contributed by atoms with van der Waals surface area (Å²) in [5.41, 5.74) is 0.989. The third-order valence-corrected chi connectivity index (χ3v) is 3.49. The fraction of sp³-hybridized carbons (Fsp3) is 0.333. The Hall–Kier alpha value is -2.96. The molecule has 0 aliphatic heterocycles. The maximum Gasteiger partial charge on any atom is 0.323 e. The molecule has 0 radical (unpaired) electrons. The van der Waals surface area contributed by atoms with E-state index in [0.29, 0.717) is 12.2 Å². The van der Waals surface area contributed by atoms with Gasteiger partial charge in [0.15, 0.2) is 0 Å². The zero-order chi connectivity index (χ0) is 18.4. The summed E-state index contributed by atoms with van der Waals surface area (Å²) >= 11 is 0. The highest BCUT2D eigenvalue weighted by atomic mass is 16.4. The topological polar surface area (TPSA) is 92.5 Å². The van der Waals surface area contributed by atoms with E-state index in [-0.39, 0.29) is 12.5 Å². The number of aliphatic carboxylic acids is 1. The first-order valence-corrected chi connectivity index (χ1v) is 8.00. The van der Waals surface area contributed by atoms with Crippen molar-refractivity contribution in [2.24, 2.45) is 5.92 Å². The number of carbonyl (C=O) groups is 2. The molecule has 0 fully saturated rings. The van der Waals surface area contributed by atoms with Gasteiger partial charge in [-0.05, 0) is 12.0 Å². The first-order valence-electron chi connectivity index (χ1n) is 8.00. The van der Waals surface area contributed by atoms with Crippen LogP contribution in [-0.4, -0.2) is 44.8 Å². The van der Waals surface area contributed by atoms with Crippen molar-refractivity contribution >= 4 is 11.9 Å². The SMILES string of the molecule is CC(C)CN(CC(=O)O)C(=O)Cn1nc(-c2ccccc2)ccc1=O. The largest absolute Gasteiger partial charge is 0.480 e. The van der Waals surface area contributed by atoms with Gasteiger partial charge in [0.2, 0.25) is 5.91 Å². The normalized spacial score (nSPS) is 10.7. The van der Waals surface area contributed by atoms with Gasteiger partial charge in [0.1, 0.15) is 13.1 Å². The van der Waals surface area contributed by atoms with Crippen LogP contribution in [0, 0.1) is 5.92 Å². The standard InChI is InChI=1S/C18H21N3O4/c1-13(2)10-20(12-18(24)25)17(23)11-21-16(22)9-8-15(19-21)14-6-4-3-5-7-14/h3-9,13H,10-12H2,1-2H3,(H,24,25). The number of carboxylic acids is 1. The van der Waals surface area contributed by atoms with Crippen molar-refractivity contribution in [2.75, 3.05) is 13.1 Å². The Kier molecular flexibility index (Phi) is 6.05. The predicted molar refractivity (Wildman–Crippen MR) is 93.0 cm³/mol. The van der Waals surface area contributed by atoms with E-state index in [2.05, 4.69) is 5.10 Å². The minimum atomic E-state index is -1.09. The number of hydrogen-bond acceptors (Lipinski definition) is 4. The molecule has 1 heterocycles. The summed E-state index contributed by atoms with van der Waals surface area (Å²) in [6.45, 7) is 3.40. The summed E-state index contributed by atoms with van der Waals surface area (Å²) in [5, 5.41) is 13.2. The van der Waals surface area contributed by atoms with E-state index in [4.69, 9.17) is 5.11 Å². The van der Waals surface area contributed by atoms with Crippen molar-refractivity contribution in [3.63, 3.8) is 0 Å². The molecule has 7 heteroatoms. The molecule has 0 aliphatic rings. The smallest absolute Gasteiger partial charge is 0.323 e. The molecule has 2 aromatic rings. The van der Waals surface area contributed by atoms with Gasteiger partial charge in [-0.25, -0.2) is 4.68 Å². The van der Waals surface area contributed by atoms with E-state index in [1.807, 2.05) is 44.2 Å². The van der Waals surface area contributed by atoms with Crippen LogP contribution in [0.4, 0.5) is 0 Å². The molecule has 0 spiro atoms. The van der Waals surface area contributed by atoms with Gasteiger partial charge in [-0.3, -0.25) is 14.4 Å². The third kappa shape index (κ3) is 5.27. The Bertz CT molecular complexity index is 799. The van der Waals surface area contributed by atoms with E-state index in [1.165, 1.54) is 11.0 Å². The van der Waals surface area contributed by atoms with E-state index >= 15 is 0 Å². The van der Waals surface area contributed by atoms with Gasteiger partial charge in [0, 0.05) is 18.2 Å². The lowest BCUT2D eigenvalue weighted by molar-refractivity contribution is -0.145. The molecule has 2 rings (SSSR count). The summed E-state index contributed by atoms with van der Waals surface area (Å²) in [6.07, 6.45) is 0. The quantitative estimate of drug-likeness (QED) is 0.822. The summed E-state index contributed by atoms with van der Waals surface area (Å²) in [4.78, 5) is 36.7. The van der Waals surface area contributed by atoms with Gasteiger partial charge in [-0.2, -0.15) is 5.10 Å².